The Kier molecular flexibility index (Phi) is 6.76. The Hall–Kier alpha value is -1.67. The third-order valence-corrected chi connectivity index (χ3v) is 3.51. The van der Waals surface area contributed by atoms with Crippen LogP contribution in [-0.2, 0) is 19.1 Å². The molecule has 3 atom stereocenters. The molecular formula is C14H24N2O6. The number of hydrogen-bond acceptors (Lipinski definition) is 6. The fourth-order valence-electron chi connectivity index (χ4n) is 2.16. The molecule has 1 saturated carbocycles. The highest BCUT2D eigenvalue weighted by Gasteiger charge is 2.37. The molecule has 0 aliphatic heterocycles. The number of hydrogen-bond donors (Lipinski definition) is 4. The summed E-state index contributed by atoms with van der Waals surface area (Å²) < 4.78 is 5.38. The number of carbonyl (C=O) groups is 3. The fourth-order valence-corrected chi connectivity index (χ4v) is 2.16. The average molecular weight is 316 g/mol. The zero-order valence-electron chi connectivity index (χ0n) is 12.8. The van der Waals surface area contributed by atoms with Crippen LogP contribution in [0.25, 0.3) is 0 Å². The molecule has 0 spiro atoms. The highest BCUT2D eigenvalue weighted by Crippen LogP contribution is 2.37. The van der Waals surface area contributed by atoms with Crippen molar-refractivity contribution in [2.24, 2.45) is 17.6 Å². The fraction of sp³-hybridized carbons (Fsp3) is 0.786. The molecule has 1 fully saturated rings. The number of esters is 1. The Morgan fingerprint density at radius 2 is 1.91 bits per heavy atom. The summed E-state index contributed by atoms with van der Waals surface area (Å²) in [5, 5.41) is 20.0. The van der Waals surface area contributed by atoms with Crippen LogP contribution < -0.4 is 11.1 Å². The van der Waals surface area contributed by atoms with Crippen LogP contribution in [0.5, 0.6) is 0 Å². The van der Waals surface area contributed by atoms with Gasteiger partial charge in [-0.1, -0.05) is 13.8 Å². The quantitative estimate of drug-likeness (QED) is 0.410. The summed E-state index contributed by atoms with van der Waals surface area (Å²) in [7, 11) is 0. The van der Waals surface area contributed by atoms with E-state index >= 15 is 0 Å². The largest absolute Gasteiger partial charge is 0.481 e. The molecule has 0 radical (unpaired) electrons. The van der Waals surface area contributed by atoms with E-state index in [0.29, 0.717) is 5.92 Å². The number of rotatable bonds is 9. The number of carboxylic acid groups (broad SMARTS) is 1. The van der Waals surface area contributed by atoms with Crippen LogP contribution in [0, 0.1) is 11.8 Å². The van der Waals surface area contributed by atoms with Gasteiger partial charge in [0.2, 0.25) is 5.91 Å². The second-order valence-electron chi connectivity index (χ2n) is 5.93. The summed E-state index contributed by atoms with van der Waals surface area (Å²) >= 11 is 0. The maximum Gasteiger partial charge on any atom is 0.331 e. The van der Waals surface area contributed by atoms with Crippen molar-refractivity contribution in [1.29, 1.82) is 0 Å². The van der Waals surface area contributed by atoms with Crippen molar-refractivity contribution in [1.82, 2.24) is 5.32 Å². The summed E-state index contributed by atoms with van der Waals surface area (Å²) in [6.45, 7) is 3.23. The van der Waals surface area contributed by atoms with Crippen molar-refractivity contribution in [3.63, 3.8) is 0 Å². The lowest BCUT2D eigenvalue weighted by Crippen LogP contribution is -2.51. The summed E-state index contributed by atoms with van der Waals surface area (Å²) in [6, 6.07) is -2.53. The molecule has 0 aromatic carbocycles. The van der Waals surface area contributed by atoms with E-state index in [1.54, 1.807) is 0 Å². The van der Waals surface area contributed by atoms with Crippen molar-refractivity contribution in [3.05, 3.63) is 0 Å². The molecule has 8 nitrogen and oxygen atoms in total. The van der Waals surface area contributed by atoms with Crippen LogP contribution in [0.4, 0.5) is 0 Å². The van der Waals surface area contributed by atoms with Gasteiger partial charge >= 0.3 is 11.9 Å². The van der Waals surface area contributed by atoms with E-state index in [2.05, 4.69) is 5.32 Å². The van der Waals surface area contributed by atoms with E-state index in [1.165, 1.54) is 0 Å². The van der Waals surface area contributed by atoms with Crippen LogP contribution in [0.15, 0.2) is 0 Å². The first-order valence-electron chi connectivity index (χ1n) is 7.35. The van der Waals surface area contributed by atoms with E-state index in [9.17, 15) is 19.5 Å². The van der Waals surface area contributed by atoms with Crippen LogP contribution in [-0.4, -0.2) is 52.9 Å². The molecule has 1 unspecified atom stereocenters. The number of ether oxygens (including phenoxy) is 1. The maximum absolute atomic E-state index is 12.0. The zero-order chi connectivity index (χ0) is 16.9. The second-order valence-corrected chi connectivity index (χ2v) is 5.93. The molecule has 5 N–H and O–H groups in total. The molecular weight excluding hydrogens is 292 g/mol. The first kappa shape index (κ1) is 18.4. The van der Waals surface area contributed by atoms with E-state index in [4.69, 9.17) is 15.6 Å². The molecule has 0 bridgehead atoms. The Labute approximate surface area is 129 Å². The van der Waals surface area contributed by atoms with Gasteiger partial charge in [0, 0.05) is 0 Å². The first-order valence-corrected chi connectivity index (χ1v) is 7.35. The molecule has 0 aromatic rings. The molecule has 1 aliphatic carbocycles. The molecule has 22 heavy (non-hydrogen) atoms. The predicted octanol–water partition coefficient (Wildman–Crippen LogP) is -0.757. The molecule has 0 saturated heterocycles. The zero-order valence-corrected chi connectivity index (χ0v) is 12.8. The Morgan fingerprint density at radius 3 is 2.32 bits per heavy atom. The van der Waals surface area contributed by atoms with Gasteiger partial charge in [0.25, 0.3) is 0 Å². The van der Waals surface area contributed by atoms with Crippen LogP contribution in [0.2, 0.25) is 0 Å². The molecule has 126 valence electrons. The minimum atomic E-state index is -1.29. The molecule has 0 heterocycles. The maximum atomic E-state index is 12.0. The number of aliphatic hydroxyl groups excluding tert-OH is 1. The van der Waals surface area contributed by atoms with E-state index < -0.39 is 43.0 Å². The van der Waals surface area contributed by atoms with Gasteiger partial charge in [0.05, 0.1) is 19.1 Å². The van der Waals surface area contributed by atoms with Gasteiger partial charge in [-0.3, -0.25) is 9.59 Å². The standard InChI is InChI=1S/C14H24N2O6/c1-7(2)12(8-3-4-8)22-14(21)10(6-17)16-13(20)9(15)5-11(18)19/h7-10,12,17H,3-6,15H2,1-2H3,(H,16,20)(H,18,19)/t9-,10+,12?/m0/s1. The monoisotopic (exact) mass is 316 g/mol. The lowest BCUT2D eigenvalue weighted by Gasteiger charge is -2.24. The van der Waals surface area contributed by atoms with Crippen LogP contribution in [0.3, 0.4) is 0 Å². The minimum absolute atomic E-state index is 0.140. The summed E-state index contributed by atoms with van der Waals surface area (Å²) in [5.74, 6) is -2.30. The Balaban J connectivity index is 2.56. The smallest absolute Gasteiger partial charge is 0.331 e. The number of aliphatic carboxylic acids is 1. The second kappa shape index (κ2) is 8.09. The summed E-state index contributed by atoms with van der Waals surface area (Å²) in [4.78, 5) is 34.3. The van der Waals surface area contributed by atoms with E-state index in [0.717, 1.165) is 12.8 Å². The summed E-state index contributed by atoms with van der Waals surface area (Å²) in [6.07, 6.45) is 1.19. The van der Waals surface area contributed by atoms with Crippen molar-refractivity contribution in [2.75, 3.05) is 6.61 Å². The van der Waals surface area contributed by atoms with E-state index in [1.807, 2.05) is 13.8 Å². The van der Waals surface area contributed by atoms with Crippen LogP contribution >= 0.6 is 0 Å². The molecule has 8 heteroatoms. The number of nitrogens with one attached hydrogen (secondary N) is 1. The minimum Gasteiger partial charge on any atom is -0.481 e. The number of nitrogens with two attached hydrogens (primary N) is 1. The molecule has 0 aromatic heterocycles. The van der Waals surface area contributed by atoms with Crippen molar-refractivity contribution < 1.29 is 29.3 Å². The third kappa shape index (κ3) is 5.61. The third-order valence-electron chi connectivity index (χ3n) is 3.51. The lowest BCUT2D eigenvalue weighted by molar-refractivity contribution is -0.157. The summed E-state index contributed by atoms with van der Waals surface area (Å²) in [5.41, 5.74) is 5.40. The van der Waals surface area contributed by atoms with Gasteiger partial charge in [0.1, 0.15) is 6.10 Å². The number of carbonyl (C=O) groups excluding carboxylic acids is 2. The van der Waals surface area contributed by atoms with Gasteiger partial charge in [0.15, 0.2) is 6.04 Å². The molecule has 1 amide bonds. The van der Waals surface area contributed by atoms with Gasteiger partial charge < -0.3 is 26.0 Å². The van der Waals surface area contributed by atoms with Gasteiger partial charge in [-0.15, -0.1) is 0 Å². The number of aliphatic hydroxyl groups is 1. The Morgan fingerprint density at radius 1 is 1.32 bits per heavy atom. The van der Waals surface area contributed by atoms with Crippen molar-refractivity contribution >= 4 is 17.8 Å². The highest BCUT2D eigenvalue weighted by molar-refractivity contribution is 5.89. The average Bonchev–Trinajstić information content (AvgIpc) is 3.24. The van der Waals surface area contributed by atoms with Gasteiger partial charge in [-0.25, -0.2) is 4.79 Å². The first-order chi connectivity index (χ1) is 10.3. The lowest BCUT2D eigenvalue weighted by atomic mass is 10.0. The van der Waals surface area contributed by atoms with Crippen LogP contribution in [0.1, 0.15) is 33.1 Å². The Bertz CT molecular complexity index is 420. The normalized spacial score (nSPS) is 18.4. The SMILES string of the molecule is CC(C)C(OC(=O)[C@@H](CO)NC(=O)[C@@H](N)CC(=O)O)C1CC1. The molecule has 1 aliphatic rings. The van der Waals surface area contributed by atoms with Gasteiger partial charge in [-0.2, -0.15) is 0 Å². The predicted molar refractivity (Wildman–Crippen MR) is 76.7 cm³/mol. The highest BCUT2D eigenvalue weighted by atomic mass is 16.5. The van der Waals surface area contributed by atoms with Crippen molar-refractivity contribution in [3.8, 4) is 0 Å². The number of carboxylic acids is 1. The topological polar surface area (TPSA) is 139 Å². The number of amides is 1. The van der Waals surface area contributed by atoms with Gasteiger partial charge in [-0.05, 0) is 24.7 Å². The van der Waals surface area contributed by atoms with E-state index in [-0.39, 0.29) is 12.0 Å². The molecule has 1 rings (SSSR count). The van der Waals surface area contributed by atoms with Crippen molar-refractivity contribution in [2.45, 2.75) is 51.3 Å².